The van der Waals surface area contributed by atoms with Crippen LogP contribution in [-0.2, 0) is 4.74 Å². The van der Waals surface area contributed by atoms with Crippen molar-refractivity contribution in [3.05, 3.63) is 0 Å². The van der Waals surface area contributed by atoms with Gasteiger partial charge in [-0.3, -0.25) is 0 Å². The summed E-state index contributed by atoms with van der Waals surface area (Å²) in [5.74, 6) is 0. The lowest BCUT2D eigenvalue weighted by Crippen LogP contribution is -2.38. The molecule has 1 saturated carbocycles. The Kier molecular flexibility index (Phi) is 1.68. The van der Waals surface area contributed by atoms with Gasteiger partial charge in [0.15, 0.2) is 0 Å². The molecule has 2 aliphatic rings. The molecule has 2 atom stereocenters. The Bertz CT molecular complexity index is 329. The summed E-state index contributed by atoms with van der Waals surface area (Å²) in [5.41, 5.74) is -0.541. The Balaban J connectivity index is 2.52. The molecule has 15 heavy (non-hydrogen) atoms. The smallest absolute Gasteiger partial charge is 0.408 e. The fourth-order valence-electron chi connectivity index (χ4n) is 4.23. The number of fused-ring (bicyclic) bond motifs is 1. The molecule has 0 aromatic rings. The first-order valence-corrected chi connectivity index (χ1v) is 5.67. The van der Waals surface area contributed by atoms with Crippen LogP contribution in [0.25, 0.3) is 0 Å². The van der Waals surface area contributed by atoms with Gasteiger partial charge < -0.3 is 10.1 Å². The maximum Gasteiger partial charge on any atom is 0.408 e. The molecule has 1 saturated heterocycles. The Morgan fingerprint density at radius 1 is 1.33 bits per heavy atom. The molecule has 1 N–H and O–H groups in total. The number of amides is 1. The highest BCUT2D eigenvalue weighted by atomic mass is 16.6. The average Bonchev–Trinajstić information content (AvgIpc) is 2.39. The Labute approximate surface area is 91.6 Å². The van der Waals surface area contributed by atoms with E-state index in [-0.39, 0.29) is 28.1 Å². The van der Waals surface area contributed by atoms with Crippen LogP contribution in [0.5, 0.6) is 0 Å². The summed E-state index contributed by atoms with van der Waals surface area (Å²) in [4.78, 5) is 11.5. The molecule has 0 spiro atoms. The van der Waals surface area contributed by atoms with E-state index < -0.39 is 0 Å². The second kappa shape index (κ2) is 2.33. The molecular weight excluding hydrogens is 190 g/mol. The normalized spacial score (nSPS) is 41.9. The van der Waals surface area contributed by atoms with Crippen molar-refractivity contribution < 1.29 is 9.53 Å². The first kappa shape index (κ1) is 10.8. The highest BCUT2D eigenvalue weighted by molar-refractivity contribution is 5.77. The van der Waals surface area contributed by atoms with Crippen molar-refractivity contribution in [3.63, 3.8) is 0 Å². The van der Waals surface area contributed by atoms with Crippen LogP contribution in [0.15, 0.2) is 0 Å². The number of ether oxygens (including phenoxy) is 1. The topological polar surface area (TPSA) is 38.3 Å². The molecule has 3 heteroatoms. The maximum atomic E-state index is 11.5. The molecule has 1 aliphatic carbocycles. The second-order valence-electron chi connectivity index (χ2n) is 6.33. The minimum Gasteiger partial charge on any atom is -0.439 e. The molecule has 1 heterocycles. The van der Waals surface area contributed by atoms with Crippen molar-refractivity contribution >= 4 is 6.09 Å². The van der Waals surface area contributed by atoms with Crippen LogP contribution in [0.4, 0.5) is 4.79 Å². The van der Waals surface area contributed by atoms with Crippen molar-refractivity contribution in [1.82, 2.24) is 5.32 Å². The van der Waals surface area contributed by atoms with Gasteiger partial charge in [0.2, 0.25) is 0 Å². The van der Waals surface area contributed by atoms with E-state index in [1.54, 1.807) is 0 Å². The number of alkyl carbamates (subject to hydrolysis) is 1. The van der Waals surface area contributed by atoms with E-state index in [2.05, 4.69) is 46.9 Å². The maximum absolute atomic E-state index is 11.5. The van der Waals surface area contributed by atoms with E-state index in [0.717, 1.165) is 6.42 Å². The molecule has 0 aromatic heterocycles. The molecule has 0 aromatic carbocycles. The molecule has 86 valence electrons. The molecule has 0 bridgehead atoms. The standard InChI is InChI=1S/C12H21NO2/c1-7-11-10(5,6)12(11,9(2,3)4)15-8(14)13-11/h7H2,1-6H3,(H,13,14). The summed E-state index contributed by atoms with van der Waals surface area (Å²) in [7, 11) is 0. The number of hydrogen-bond acceptors (Lipinski definition) is 2. The van der Waals surface area contributed by atoms with Crippen LogP contribution in [0.2, 0.25) is 0 Å². The van der Waals surface area contributed by atoms with Gasteiger partial charge >= 0.3 is 6.09 Å². The summed E-state index contributed by atoms with van der Waals surface area (Å²) >= 11 is 0. The van der Waals surface area contributed by atoms with Crippen LogP contribution in [-0.4, -0.2) is 17.2 Å². The average molecular weight is 211 g/mol. The van der Waals surface area contributed by atoms with Crippen molar-refractivity contribution in [3.8, 4) is 0 Å². The molecule has 2 unspecified atom stereocenters. The Hall–Kier alpha value is -0.730. The van der Waals surface area contributed by atoms with Gasteiger partial charge in [0.1, 0.15) is 5.60 Å². The van der Waals surface area contributed by atoms with Gasteiger partial charge in [0, 0.05) is 10.8 Å². The van der Waals surface area contributed by atoms with E-state index in [0.29, 0.717) is 0 Å². The quantitative estimate of drug-likeness (QED) is 0.724. The summed E-state index contributed by atoms with van der Waals surface area (Å²) in [6.07, 6.45) is 0.661. The summed E-state index contributed by atoms with van der Waals surface area (Å²) in [5, 5.41) is 3.03. The van der Waals surface area contributed by atoms with E-state index in [9.17, 15) is 4.79 Å². The second-order valence-corrected chi connectivity index (χ2v) is 6.33. The van der Waals surface area contributed by atoms with Gasteiger partial charge in [-0.25, -0.2) is 4.79 Å². The number of nitrogens with one attached hydrogen (secondary N) is 1. The molecule has 1 amide bonds. The van der Waals surface area contributed by atoms with Crippen LogP contribution >= 0.6 is 0 Å². The zero-order chi connectivity index (χ0) is 11.7. The monoisotopic (exact) mass is 211 g/mol. The summed E-state index contributed by atoms with van der Waals surface area (Å²) in [6, 6.07) is 0. The molecule has 3 nitrogen and oxygen atoms in total. The third-order valence-electron chi connectivity index (χ3n) is 4.63. The van der Waals surface area contributed by atoms with Crippen LogP contribution in [0, 0.1) is 10.8 Å². The Morgan fingerprint density at radius 2 is 1.87 bits per heavy atom. The van der Waals surface area contributed by atoms with E-state index in [4.69, 9.17) is 4.74 Å². The van der Waals surface area contributed by atoms with Gasteiger partial charge in [-0.1, -0.05) is 41.5 Å². The third kappa shape index (κ3) is 0.787. The van der Waals surface area contributed by atoms with Gasteiger partial charge in [-0.2, -0.15) is 0 Å². The minimum absolute atomic E-state index is 0.0148. The van der Waals surface area contributed by atoms with Crippen LogP contribution in [0.1, 0.15) is 48.0 Å². The zero-order valence-corrected chi connectivity index (χ0v) is 10.5. The first-order valence-electron chi connectivity index (χ1n) is 5.67. The number of carbonyl (C=O) groups is 1. The van der Waals surface area contributed by atoms with E-state index in [1.807, 2.05) is 0 Å². The van der Waals surface area contributed by atoms with E-state index in [1.165, 1.54) is 0 Å². The molecular formula is C12H21NO2. The molecule has 2 fully saturated rings. The molecule has 1 aliphatic heterocycles. The fourth-order valence-corrected chi connectivity index (χ4v) is 4.23. The fraction of sp³-hybridized carbons (Fsp3) is 0.917. The van der Waals surface area contributed by atoms with Gasteiger partial charge in [-0.15, -0.1) is 0 Å². The lowest BCUT2D eigenvalue weighted by Gasteiger charge is -2.31. The van der Waals surface area contributed by atoms with Crippen molar-refractivity contribution in [2.75, 3.05) is 0 Å². The van der Waals surface area contributed by atoms with Crippen LogP contribution in [0.3, 0.4) is 0 Å². The molecule has 0 radical (unpaired) electrons. The third-order valence-corrected chi connectivity index (χ3v) is 4.63. The number of carbonyl (C=O) groups excluding carboxylic acids is 1. The van der Waals surface area contributed by atoms with Gasteiger partial charge in [-0.05, 0) is 6.42 Å². The summed E-state index contributed by atoms with van der Waals surface area (Å²) < 4.78 is 5.65. The van der Waals surface area contributed by atoms with E-state index >= 15 is 0 Å². The predicted molar refractivity (Wildman–Crippen MR) is 58.6 cm³/mol. The predicted octanol–water partition coefficient (Wildman–Crippen LogP) is 2.70. The highest BCUT2D eigenvalue weighted by Gasteiger charge is 2.91. The van der Waals surface area contributed by atoms with Crippen molar-refractivity contribution in [2.24, 2.45) is 10.8 Å². The number of rotatable bonds is 1. The number of hydrogen-bond donors (Lipinski definition) is 1. The van der Waals surface area contributed by atoms with Crippen molar-refractivity contribution in [1.29, 1.82) is 0 Å². The van der Waals surface area contributed by atoms with Gasteiger partial charge in [0.25, 0.3) is 0 Å². The SMILES string of the molecule is CCC12NC(=O)OC1(C(C)(C)C)C2(C)C. The highest BCUT2D eigenvalue weighted by Crippen LogP contribution is 2.76. The van der Waals surface area contributed by atoms with Crippen molar-refractivity contribution in [2.45, 2.75) is 59.1 Å². The minimum atomic E-state index is -0.348. The van der Waals surface area contributed by atoms with Crippen LogP contribution < -0.4 is 5.32 Å². The lowest BCUT2D eigenvalue weighted by molar-refractivity contribution is -0.00230. The molecule has 2 rings (SSSR count). The Morgan fingerprint density at radius 3 is 2.20 bits per heavy atom. The summed E-state index contributed by atoms with van der Waals surface area (Å²) in [6.45, 7) is 12.9. The lowest BCUT2D eigenvalue weighted by atomic mass is 9.81. The zero-order valence-electron chi connectivity index (χ0n) is 10.5. The largest absolute Gasteiger partial charge is 0.439 e. The van der Waals surface area contributed by atoms with Gasteiger partial charge in [0.05, 0.1) is 5.54 Å². The first-order chi connectivity index (χ1) is 6.66.